The van der Waals surface area contributed by atoms with Crippen molar-refractivity contribution in [2.75, 3.05) is 38.0 Å². The maximum Gasteiger partial charge on any atom is 0.254 e. The minimum Gasteiger partial charge on any atom is -0.336 e. The Kier molecular flexibility index (Phi) is 6.03. The number of nitrogens with zero attached hydrogens (tertiary/aromatic N) is 6. The minimum atomic E-state index is -0.0392. The molecule has 1 aromatic heterocycles. The molecule has 4 rings (SSSR count). The summed E-state index contributed by atoms with van der Waals surface area (Å²) in [5.74, 6) is -0.0722. The minimum absolute atomic E-state index is 0.0330. The molecule has 3 aromatic rings. The molecular formula is C22H25N7O2. The number of nitrogens with one attached hydrogen (secondary N) is 1. The fourth-order valence-corrected chi connectivity index (χ4v) is 3.63. The maximum absolute atomic E-state index is 12.9. The zero-order chi connectivity index (χ0) is 21.8. The highest BCUT2D eigenvalue weighted by Crippen LogP contribution is 2.18. The highest BCUT2D eigenvalue weighted by molar-refractivity contribution is 5.95. The Morgan fingerprint density at radius 3 is 2.55 bits per heavy atom. The summed E-state index contributed by atoms with van der Waals surface area (Å²) in [7, 11) is 0. The highest BCUT2D eigenvalue weighted by Gasteiger charge is 2.23. The Morgan fingerprint density at radius 1 is 1.03 bits per heavy atom. The monoisotopic (exact) mass is 419 g/mol. The molecule has 0 saturated carbocycles. The van der Waals surface area contributed by atoms with Gasteiger partial charge in [0.05, 0.1) is 12.2 Å². The number of aryl methyl sites for hydroxylation is 1. The summed E-state index contributed by atoms with van der Waals surface area (Å²) >= 11 is 0. The quantitative estimate of drug-likeness (QED) is 0.676. The van der Waals surface area contributed by atoms with Gasteiger partial charge in [-0.2, -0.15) is 0 Å². The van der Waals surface area contributed by atoms with Crippen molar-refractivity contribution in [3.63, 3.8) is 0 Å². The molecule has 1 aliphatic rings. The van der Waals surface area contributed by atoms with Crippen LogP contribution in [0.15, 0.2) is 48.8 Å². The molecule has 9 heteroatoms. The first-order valence-corrected chi connectivity index (χ1v) is 10.2. The van der Waals surface area contributed by atoms with Crippen molar-refractivity contribution in [2.24, 2.45) is 0 Å². The summed E-state index contributed by atoms with van der Waals surface area (Å²) in [5.41, 5.74) is 4.40. The van der Waals surface area contributed by atoms with Crippen molar-refractivity contribution in [1.82, 2.24) is 30.0 Å². The van der Waals surface area contributed by atoms with E-state index in [4.69, 9.17) is 0 Å². The Hall–Kier alpha value is -3.59. The molecule has 1 aliphatic heterocycles. The molecule has 0 atom stereocenters. The number of rotatable bonds is 5. The topological polar surface area (TPSA) is 96.2 Å². The van der Waals surface area contributed by atoms with E-state index in [-0.39, 0.29) is 11.8 Å². The van der Waals surface area contributed by atoms with Crippen LogP contribution in [0.5, 0.6) is 0 Å². The smallest absolute Gasteiger partial charge is 0.254 e. The van der Waals surface area contributed by atoms with E-state index in [1.165, 1.54) is 11.0 Å². The zero-order valence-corrected chi connectivity index (χ0v) is 17.7. The van der Waals surface area contributed by atoms with Crippen molar-refractivity contribution < 1.29 is 9.59 Å². The van der Waals surface area contributed by atoms with Crippen LogP contribution >= 0.6 is 0 Å². The second kappa shape index (κ2) is 9.05. The Labute approximate surface area is 180 Å². The number of anilines is 1. The fraction of sp³-hybridized carbons (Fsp3) is 0.318. The molecule has 0 radical (unpaired) electrons. The molecule has 9 nitrogen and oxygen atoms in total. The molecule has 1 saturated heterocycles. The van der Waals surface area contributed by atoms with Crippen molar-refractivity contribution >= 4 is 17.5 Å². The van der Waals surface area contributed by atoms with E-state index in [2.05, 4.69) is 25.7 Å². The predicted molar refractivity (Wildman–Crippen MR) is 116 cm³/mol. The summed E-state index contributed by atoms with van der Waals surface area (Å²) in [4.78, 5) is 29.3. The second-order valence-electron chi connectivity index (χ2n) is 7.67. The van der Waals surface area contributed by atoms with Gasteiger partial charge in [0.2, 0.25) is 5.91 Å². The molecule has 2 heterocycles. The first-order chi connectivity index (χ1) is 15.0. The second-order valence-corrected chi connectivity index (χ2v) is 7.67. The van der Waals surface area contributed by atoms with Gasteiger partial charge >= 0.3 is 0 Å². The number of piperazine rings is 1. The van der Waals surface area contributed by atoms with Crippen molar-refractivity contribution in [3.8, 4) is 5.69 Å². The normalized spacial score (nSPS) is 14.5. The average Bonchev–Trinajstić information content (AvgIpc) is 3.32. The SMILES string of the molecule is Cc1cccc(NC(=O)CN2CCN(C(=O)c3cccc(-n4cnnn4)c3)CC2)c1C. The van der Waals surface area contributed by atoms with Crippen LogP contribution in [0.4, 0.5) is 5.69 Å². The van der Waals surface area contributed by atoms with Gasteiger partial charge in [0, 0.05) is 37.4 Å². The number of hydrogen-bond acceptors (Lipinski definition) is 6. The molecule has 31 heavy (non-hydrogen) atoms. The highest BCUT2D eigenvalue weighted by atomic mass is 16.2. The van der Waals surface area contributed by atoms with Gasteiger partial charge in [0.15, 0.2) is 0 Å². The summed E-state index contributed by atoms with van der Waals surface area (Å²) in [5, 5.41) is 14.1. The summed E-state index contributed by atoms with van der Waals surface area (Å²) in [6, 6.07) is 13.1. The molecule has 2 amide bonds. The number of tetrazole rings is 1. The van der Waals surface area contributed by atoms with Crippen LogP contribution in [0.2, 0.25) is 0 Å². The summed E-state index contributed by atoms with van der Waals surface area (Å²) < 4.78 is 1.52. The summed E-state index contributed by atoms with van der Waals surface area (Å²) in [6.45, 7) is 6.79. The van der Waals surface area contributed by atoms with Crippen LogP contribution in [-0.4, -0.2) is 74.5 Å². The van der Waals surface area contributed by atoms with Crippen LogP contribution in [-0.2, 0) is 4.79 Å². The van der Waals surface area contributed by atoms with E-state index >= 15 is 0 Å². The molecule has 0 unspecified atom stereocenters. The number of benzene rings is 2. The van der Waals surface area contributed by atoms with E-state index in [1.54, 1.807) is 12.1 Å². The van der Waals surface area contributed by atoms with E-state index in [0.29, 0.717) is 38.3 Å². The first kappa shape index (κ1) is 20.7. The lowest BCUT2D eigenvalue weighted by Crippen LogP contribution is -2.50. The van der Waals surface area contributed by atoms with Crippen molar-refractivity contribution in [1.29, 1.82) is 0 Å². The van der Waals surface area contributed by atoms with Gasteiger partial charge in [-0.25, -0.2) is 4.68 Å². The lowest BCUT2D eigenvalue weighted by Gasteiger charge is -2.34. The van der Waals surface area contributed by atoms with Gasteiger partial charge in [0.1, 0.15) is 6.33 Å². The number of carbonyl (C=O) groups excluding carboxylic acids is 2. The van der Waals surface area contributed by atoms with Crippen LogP contribution in [0.1, 0.15) is 21.5 Å². The van der Waals surface area contributed by atoms with E-state index in [0.717, 1.165) is 22.5 Å². The average molecular weight is 419 g/mol. The molecular weight excluding hydrogens is 394 g/mol. The molecule has 1 fully saturated rings. The van der Waals surface area contributed by atoms with Crippen LogP contribution in [0, 0.1) is 13.8 Å². The first-order valence-electron chi connectivity index (χ1n) is 10.2. The molecule has 160 valence electrons. The van der Waals surface area contributed by atoms with Gasteiger partial charge < -0.3 is 10.2 Å². The van der Waals surface area contributed by atoms with E-state index in [9.17, 15) is 9.59 Å². The van der Waals surface area contributed by atoms with Crippen LogP contribution in [0.25, 0.3) is 5.69 Å². The molecule has 2 aromatic carbocycles. The van der Waals surface area contributed by atoms with E-state index in [1.807, 2.05) is 49.1 Å². The van der Waals surface area contributed by atoms with Gasteiger partial charge in [-0.15, -0.1) is 5.10 Å². The van der Waals surface area contributed by atoms with Gasteiger partial charge in [-0.3, -0.25) is 14.5 Å². The third-order valence-corrected chi connectivity index (χ3v) is 5.61. The third kappa shape index (κ3) is 4.77. The Morgan fingerprint density at radius 2 is 1.81 bits per heavy atom. The summed E-state index contributed by atoms with van der Waals surface area (Å²) in [6.07, 6.45) is 1.49. The van der Waals surface area contributed by atoms with Crippen molar-refractivity contribution in [3.05, 3.63) is 65.5 Å². The lowest BCUT2D eigenvalue weighted by atomic mass is 10.1. The number of hydrogen-bond donors (Lipinski definition) is 1. The molecule has 1 N–H and O–H groups in total. The largest absolute Gasteiger partial charge is 0.336 e. The van der Waals surface area contributed by atoms with E-state index < -0.39 is 0 Å². The molecule has 0 spiro atoms. The Balaban J connectivity index is 1.31. The fourth-order valence-electron chi connectivity index (χ4n) is 3.63. The Bertz CT molecular complexity index is 1070. The maximum atomic E-state index is 12.9. The number of aromatic nitrogens is 4. The van der Waals surface area contributed by atoms with Gasteiger partial charge in [0.25, 0.3) is 5.91 Å². The van der Waals surface area contributed by atoms with Gasteiger partial charge in [-0.1, -0.05) is 18.2 Å². The van der Waals surface area contributed by atoms with Crippen LogP contribution < -0.4 is 5.32 Å². The zero-order valence-electron chi connectivity index (χ0n) is 17.7. The standard InChI is InChI=1S/C22H25N7O2/c1-16-5-3-8-20(17(16)2)24-21(30)14-27-9-11-28(12-10-27)22(31)18-6-4-7-19(13-18)29-15-23-25-26-29/h3-8,13,15H,9-12,14H2,1-2H3,(H,24,30). The van der Waals surface area contributed by atoms with Crippen molar-refractivity contribution in [2.45, 2.75) is 13.8 Å². The number of amides is 2. The molecule has 0 bridgehead atoms. The molecule has 0 aliphatic carbocycles. The lowest BCUT2D eigenvalue weighted by molar-refractivity contribution is -0.117. The predicted octanol–water partition coefficient (Wildman–Crippen LogP) is 1.68. The number of carbonyl (C=O) groups is 2. The third-order valence-electron chi connectivity index (χ3n) is 5.61. The van der Waals surface area contributed by atoms with Crippen LogP contribution in [0.3, 0.4) is 0 Å². The van der Waals surface area contributed by atoms with Gasteiger partial charge in [-0.05, 0) is 59.7 Å².